The molecule has 32 heavy (non-hydrogen) atoms. The molecule has 2 rings (SSSR count). The van der Waals surface area contributed by atoms with Gasteiger partial charge < -0.3 is 19.3 Å². The van der Waals surface area contributed by atoms with E-state index in [4.69, 9.17) is 21.1 Å². The minimum Gasteiger partial charge on any atom is -0.467 e. The Balaban J connectivity index is 2.09. The number of carbonyl (C=O) groups excluding carboxylic acids is 4. The Labute approximate surface area is 193 Å². The lowest BCUT2D eigenvalue weighted by molar-refractivity contribution is -0.163. The van der Waals surface area contributed by atoms with Gasteiger partial charge in [-0.2, -0.15) is 0 Å². The van der Waals surface area contributed by atoms with Gasteiger partial charge in [-0.3, -0.25) is 14.4 Å². The van der Waals surface area contributed by atoms with Crippen LogP contribution in [0.1, 0.15) is 39.2 Å². The molecule has 2 amide bonds. The SMILES string of the molecule is COC(=O)C(CC(=O)OC(C)(C)C)N1CCN(C(=O)/C=C/c2cccc(Cl)c2)CCC1=O. The van der Waals surface area contributed by atoms with Crippen LogP contribution in [0.4, 0.5) is 0 Å². The Bertz CT molecular complexity index is 893. The number of methoxy groups -OCH3 is 1. The number of carbonyl (C=O) groups is 4. The molecule has 1 heterocycles. The quantitative estimate of drug-likeness (QED) is 0.474. The maximum atomic E-state index is 12.7. The van der Waals surface area contributed by atoms with Crippen LogP contribution >= 0.6 is 11.6 Å². The van der Waals surface area contributed by atoms with Crippen LogP contribution in [0, 0.1) is 0 Å². The predicted molar refractivity (Wildman–Crippen MR) is 120 cm³/mol. The number of benzene rings is 1. The number of hydrogen-bond donors (Lipinski definition) is 0. The molecule has 1 saturated heterocycles. The zero-order valence-electron chi connectivity index (χ0n) is 18.8. The van der Waals surface area contributed by atoms with Gasteiger partial charge in [0, 0.05) is 37.2 Å². The van der Waals surface area contributed by atoms with E-state index in [1.54, 1.807) is 45.0 Å². The second-order valence-electron chi connectivity index (χ2n) is 8.38. The van der Waals surface area contributed by atoms with Crippen LogP contribution in [0.3, 0.4) is 0 Å². The first-order valence-corrected chi connectivity index (χ1v) is 10.7. The highest BCUT2D eigenvalue weighted by Gasteiger charge is 2.36. The van der Waals surface area contributed by atoms with E-state index in [9.17, 15) is 19.2 Å². The molecule has 0 aromatic heterocycles. The van der Waals surface area contributed by atoms with E-state index < -0.39 is 23.6 Å². The zero-order chi connectivity index (χ0) is 23.9. The number of nitrogens with zero attached hydrogens (tertiary/aromatic N) is 2. The molecule has 0 spiro atoms. The molecule has 1 unspecified atom stereocenters. The van der Waals surface area contributed by atoms with Crippen molar-refractivity contribution in [1.29, 1.82) is 0 Å². The summed E-state index contributed by atoms with van der Waals surface area (Å²) in [4.78, 5) is 52.8. The van der Waals surface area contributed by atoms with E-state index in [0.29, 0.717) is 5.02 Å². The van der Waals surface area contributed by atoms with Crippen LogP contribution < -0.4 is 0 Å². The maximum Gasteiger partial charge on any atom is 0.329 e. The van der Waals surface area contributed by atoms with Crippen molar-refractivity contribution in [1.82, 2.24) is 9.80 Å². The Kier molecular flexibility index (Phi) is 8.83. The third-order valence-corrected chi connectivity index (χ3v) is 4.97. The third kappa shape index (κ3) is 7.67. The van der Waals surface area contributed by atoms with Crippen LogP contribution in [0.15, 0.2) is 30.3 Å². The van der Waals surface area contributed by atoms with Gasteiger partial charge in [0.15, 0.2) is 0 Å². The average Bonchev–Trinajstić information content (AvgIpc) is 2.90. The first-order chi connectivity index (χ1) is 15.0. The number of rotatable bonds is 6. The molecule has 0 saturated carbocycles. The van der Waals surface area contributed by atoms with Crippen molar-refractivity contribution in [3.63, 3.8) is 0 Å². The first-order valence-electron chi connectivity index (χ1n) is 10.3. The van der Waals surface area contributed by atoms with Gasteiger partial charge in [-0.15, -0.1) is 0 Å². The zero-order valence-corrected chi connectivity index (χ0v) is 19.6. The second kappa shape index (κ2) is 11.1. The van der Waals surface area contributed by atoms with Crippen molar-refractivity contribution >= 4 is 41.4 Å². The van der Waals surface area contributed by atoms with E-state index in [0.717, 1.165) is 5.56 Å². The van der Waals surface area contributed by atoms with Gasteiger partial charge in [0.05, 0.1) is 13.5 Å². The molecule has 1 fully saturated rings. The smallest absolute Gasteiger partial charge is 0.329 e. The molecule has 174 valence electrons. The Morgan fingerprint density at radius 1 is 1.19 bits per heavy atom. The molecule has 0 bridgehead atoms. The van der Waals surface area contributed by atoms with Gasteiger partial charge >= 0.3 is 11.9 Å². The van der Waals surface area contributed by atoms with Crippen molar-refractivity contribution in [2.75, 3.05) is 26.7 Å². The highest BCUT2D eigenvalue weighted by atomic mass is 35.5. The molecule has 1 aliphatic rings. The van der Waals surface area contributed by atoms with E-state index in [1.165, 1.54) is 23.0 Å². The van der Waals surface area contributed by atoms with Crippen LogP contribution in [0.5, 0.6) is 0 Å². The summed E-state index contributed by atoms with van der Waals surface area (Å²) in [6.45, 7) is 5.67. The number of hydrogen-bond acceptors (Lipinski definition) is 6. The van der Waals surface area contributed by atoms with Gasteiger partial charge in [-0.05, 0) is 44.5 Å². The standard InChI is InChI=1S/C23H29ClN2O6/c1-23(2,3)32-21(29)15-18(22(30)31-4)26-13-12-25(11-10-20(26)28)19(27)9-8-16-6-5-7-17(24)14-16/h5-9,14,18H,10-13,15H2,1-4H3/b9-8+. The van der Waals surface area contributed by atoms with Gasteiger partial charge in [-0.25, -0.2) is 4.79 Å². The summed E-state index contributed by atoms with van der Waals surface area (Å²) in [5, 5.41) is 0.564. The Morgan fingerprint density at radius 2 is 1.91 bits per heavy atom. The Hall–Kier alpha value is -2.87. The lowest BCUT2D eigenvalue weighted by Crippen LogP contribution is -2.48. The molecule has 0 N–H and O–H groups in total. The van der Waals surface area contributed by atoms with Crippen molar-refractivity contribution in [2.45, 2.75) is 45.3 Å². The van der Waals surface area contributed by atoms with Crippen LogP contribution in [-0.4, -0.2) is 71.9 Å². The van der Waals surface area contributed by atoms with E-state index in [1.807, 2.05) is 6.07 Å². The molecule has 0 radical (unpaired) electrons. The fourth-order valence-electron chi connectivity index (χ4n) is 3.27. The first kappa shape index (κ1) is 25.4. The van der Waals surface area contributed by atoms with Crippen LogP contribution in [0.25, 0.3) is 6.08 Å². The maximum absolute atomic E-state index is 12.7. The molecule has 1 aromatic rings. The summed E-state index contributed by atoms with van der Waals surface area (Å²) < 4.78 is 10.1. The summed E-state index contributed by atoms with van der Waals surface area (Å²) in [6.07, 6.45) is 2.78. The largest absolute Gasteiger partial charge is 0.467 e. The predicted octanol–water partition coefficient (Wildman–Crippen LogP) is 2.69. The molecular weight excluding hydrogens is 436 g/mol. The minimum absolute atomic E-state index is 0.0263. The van der Waals surface area contributed by atoms with Crippen molar-refractivity contribution < 1.29 is 28.7 Å². The van der Waals surface area contributed by atoms with Gasteiger partial charge in [0.2, 0.25) is 11.8 Å². The lowest BCUT2D eigenvalue weighted by Gasteiger charge is -2.29. The van der Waals surface area contributed by atoms with Crippen molar-refractivity contribution in [3.05, 3.63) is 40.9 Å². The van der Waals surface area contributed by atoms with E-state index >= 15 is 0 Å². The summed E-state index contributed by atoms with van der Waals surface area (Å²) in [5.74, 6) is -1.91. The fraction of sp³-hybridized carbons (Fsp3) is 0.478. The third-order valence-electron chi connectivity index (χ3n) is 4.73. The lowest BCUT2D eigenvalue weighted by atomic mass is 10.1. The monoisotopic (exact) mass is 464 g/mol. The molecule has 1 atom stereocenters. The van der Waals surface area contributed by atoms with E-state index in [-0.39, 0.29) is 44.3 Å². The summed E-state index contributed by atoms with van der Waals surface area (Å²) >= 11 is 5.96. The average molecular weight is 465 g/mol. The number of ether oxygens (including phenoxy) is 2. The highest BCUT2D eigenvalue weighted by Crippen LogP contribution is 2.17. The molecule has 1 aliphatic heterocycles. The molecule has 8 nitrogen and oxygen atoms in total. The Morgan fingerprint density at radius 3 is 2.53 bits per heavy atom. The van der Waals surface area contributed by atoms with Gasteiger partial charge in [0.1, 0.15) is 11.6 Å². The van der Waals surface area contributed by atoms with E-state index in [2.05, 4.69) is 0 Å². The molecule has 0 aliphatic carbocycles. The normalized spacial score (nSPS) is 16.0. The minimum atomic E-state index is -1.11. The summed E-state index contributed by atoms with van der Waals surface area (Å²) in [5.41, 5.74) is 0.0560. The van der Waals surface area contributed by atoms with Gasteiger partial charge in [-0.1, -0.05) is 23.7 Å². The summed E-state index contributed by atoms with van der Waals surface area (Å²) in [6, 6.07) is 5.97. The second-order valence-corrected chi connectivity index (χ2v) is 8.82. The number of esters is 2. The number of amides is 2. The summed E-state index contributed by atoms with van der Waals surface area (Å²) in [7, 11) is 1.20. The molecule has 1 aromatic carbocycles. The number of halogens is 1. The van der Waals surface area contributed by atoms with Crippen LogP contribution in [-0.2, 0) is 28.7 Å². The fourth-order valence-corrected chi connectivity index (χ4v) is 3.47. The highest BCUT2D eigenvalue weighted by molar-refractivity contribution is 6.30. The van der Waals surface area contributed by atoms with Crippen LogP contribution in [0.2, 0.25) is 5.02 Å². The molecular formula is C23H29ClN2O6. The molecule has 9 heteroatoms. The topological polar surface area (TPSA) is 93.2 Å². The van der Waals surface area contributed by atoms with Crippen molar-refractivity contribution in [2.24, 2.45) is 0 Å². The van der Waals surface area contributed by atoms with Gasteiger partial charge in [0.25, 0.3) is 0 Å². The van der Waals surface area contributed by atoms with Crippen molar-refractivity contribution in [3.8, 4) is 0 Å².